The van der Waals surface area contributed by atoms with Crippen molar-refractivity contribution in [1.82, 2.24) is 4.90 Å². The molecule has 3 rings (SSSR count). The minimum Gasteiger partial charge on any atom is -0.493 e. The Bertz CT molecular complexity index is 759. The van der Waals surface area contributed by atoms with E-state index in [0.717, 1.165) is 17.5 Å². The van der Waals surface area contributed by atoms with Crippen molar-refractivity contribution in [1.29, 1.82) is 0 Å². The van der Waals surface area contributed by atoms with E-state index in [0.29, 0.717) is 18.0 Å². The van der Waals surface area contributed by atoms with Crippen LogP contribution in [-0.4, -0.2) is 37.6 Å². The van der Waals surface area contributed by atoms with Gasteiger partial charge in [0, 0.05) is 6.54 Å². The highest BCUT2D eigenvalue weighted by Gasteiger charge is 2.34. The van der Waals surface area contributed by atoms with Crippen molar-refractivity contribution >= 4 is 5.91 Å². The summed E-state index contributed by atoms with van der Waals surface area (Å²) in [5, 5.41) is 0. The number of nitrogens with two attached hydrogens (primary N) is 1. The van der Waals surface area contributed by atoms with Gasteiger partial charge in [0.1, 0.15) is 0 Å². The molecule has 2 aromatic rings. The van der Waals surface area contributed by atoms with E-state index < -0.39 is 6.04 Å². The summed E-state index contributed by atoms with van der Waals surface area (Å²) in [6.45, 7) is 2.36. The first kappa shape index (κ1) is 17.3. The van der Waals surface area contributed by atoms with Gasteiger partial charge in [-0.3, -0.25) is 4.79 Å². The number of carbonyl (C=O) groups excluding carboxylic acids is 1. The maximum absolute atomic E-state index is 12.7. The minimum absolute atomic E-state index is 0.0470. The van der Waals surface area contributed by atoms with E-state index in [1.807, 2.05) is 47.4 Å². The lowest BCUT2D eigenvalue weighted by molar-refractivity contribution is -0.134. The van der Waals surface area contributed by atoms with Crippen molar-refractivity contribution in [2.75, 3.05) is 20.8 Å². The molecule has 0 bridgehead atoms. The number of ether oxygens (including phenoxy) is 2. The summed E-state index contributed by atoms with van der Waals surface area (Å²) in [6.07, 6.45) is 0.761. The van der Waals surface area contributed by atoms with Gasteiger partial charge in [-0.25, -0.2) is 0 Å². The first-order chi connectivity index (χ1) is 12.1. The Labute approximate surface area is 148 Å². The molecule has 2 N–H and O–H groups in total. The van der Waals surface area contributed by atoms with Crippen LogP contribution in [0.25, 0.3) is 0 Å². The van der Waals surface area contributed by atoms with Crippen LogP contribution in [0.3, 0.4) is 0 Å². The number of fused-ring (bicyclic) bond motifs is 1. The quantitative estimate of drug-likeness (QED) is 0.929. The fraction of sp³-hybridized carbons (Fsp3) is 0.350. The van der Waals surface area contributed by atoms with Crippen LogP contribution in [-0.2, 0) is 11.2 Å². The molecule has 0 saturated carbocycles. The van der Waals surface area contributed by atoms with Gasteiger partial charge >= 0.3 is 0 Å². The molecule has 1 heterocycles. The first-order valence-corrected chi connectivity index (χ1v) is 8.42. The molecule has 132 valence electrons. The Morgan fingerprint density at radius 1 is 1.16 bits per heavy atom. The van der Waals surface area contributed by atoms with Gasteiger partial charge in [-0.05, 0) is 42.2 Å². The smallest absolute Gasteiger partial charge is 0.239 e. The molecular formula is C20H24N2O3. The highest BCUT2D eigenvalue weighted by atomic mass is 16.5. The zero-order chi connectivity index (χ0) is 18.0. The number of nitrogens with zero attached hydrogens (tertiary/aromatic N) is 1. The largest absolute Gasteiger partial charge is 0.493 e. The lowest BCUT2D eigenvalue weighted by Gasteiger charge is -2.39. The van der Waals surface area contributed by atoms with Crippen LogP contribution in [0, 0.1) is 0 Å². The highest BCUT2D eigenvalue weighted by Crippen LogP contribution is 2.41. The molecule has 0 radical (unpaired) electrons. The Morgan fingerprint density at radius 3 is 2.40 bits per heavy atom. The molecule has 1 aliphatic rings. The van der Waals surface area contributed by atoms with Crippen LogP contribution in [0.15, 0.2) is 42.5 Å². The molecule has 2 aromatic carbocycles. The number of carbonyl (C=O) groups is 1. The van der Waals surface area contributed by atoms with Crippen LogP contribution in [0.5, 0.6) is 11.5 Å². The standard InChI is InChI=1S/C20H24N2O3/c1-13(21)20(23)22-10-9-15-11-17(24-2)18(25-3)12-16(15)19(22)14-7-5-4-6-8-14/h4-8,11-13,19H,9-10,21H2,1-3H3/t13-,19?/m0/s1. The monoisotopic (exact) mass is 340 g/mol. The van der Waals surface area contributed by atoms with E-state index in [1.54, 1.807) is 21.1 Å². The van der Waals surface area contributed by atoms with E-state index in [9.17, 15) is 4.79 Å². The number of rotatable bonds is 4. The summed E-state index contributed by atoms with van der Waals surface area (Å²) < 4.78 is 10.9. The second kappa shape index (κ2) is 7.15. The summed E-state index contributed by atoms with van der Waals surface area (Å²) in [6, 6.07) is 13.3. The van der Waals surface area contributed by atoms with Crippen molar-refractivity contribution in [3.63, 3.8) is 0 Å². The van der Waals surface area contributed by atoms with Crippen molar-refractivity contribution in [2.45, 2.75) is 25.4 Å². The minimum atomic E-state index is -0.534. The summed E-state index contributed by atoms with van der Waals surface area (Å²) in [5.74, 6) is 1.33. The predicted molar refractivity (Wildman–Crippen MR) is 96.9 cm³/mol. The van der Waals surface area contributed by atoms with Crippen LogP contribution in [0.1, 0.15) is 29.7 Å². The van der Waals surface area contributed by atoms with Gasteiger partial charge in [-0.15, -0.1) is 0 Å². The van der Waals surface area contributed by atoms with E-state index in [1.165, 1.54) is 5.56 Å². The molecule has 5 heteroatoms. The Morgan fingerprint density at radius 2 is 1.80 bits per heavy atom. The van der Waals surface area contributed by atoms with Gasteiger partial charge in [0.25, 0.3) is 0 Å². The van der Waals surface area contributed by atoms with Crippen LogP contribution < -0.4 is 15.2 Å². The number of hydrogen-bond acceptors (Lipinski definition) is 4. The molecule has 5 nitrogen and oxygen atoms in total. The second-order valence-corrected chi connectivity index (χ2v) is 6.29. The van der Waals surface area contributed by atoms with Crippen molar-refractivity contribution in [3.05, 3.63) is 59.2 Å². The second-order valence-electron chi connectivity index (χ2n) is 6.29. The Hall–Kier alpha value is -2.53. The fourth-order valence-electron chi connectivity index (χ4n) is 3.44. The van der Waals surface area contributed by atoms with E-state index in [2.05, 4.69) is 0 Å². The molecule has 1 unspecified atom stereocenters. The number of amides is 1. The Kier molecular flexibility index (Phi) is 4.95. The van der Waals surface area contributed by atoms with Crippen molar-refractivity contribution in [2.24, 2.45) is 5.73 Å². The third kappa shape index (κ3) is 3.20. The SMILES string of the molecule is COc1cc2c(cc1OC)C(c1ccccc1)N(C(=O)[C@H](C)N)CC2. The van der Waals surface area contributed by atoms with Crippen LogP contribution >= 0.6 is 0 Å². The third-order valence-electron chi connectivity index (χ3n) is 4.66. The molecule has 0 fully saturated rings. The normalized spacial score (nSPS) is 17.6. The van der Waals surface area contributed by atoms with Gasteiger partial charge in [0.15, 0.2) is 11.5 Å². The zero-order valence-electron chi connectivity index (χ0n) is 14.9. The summed E-state index contributed by atoms with van der Waals surface area (Å²) in [5.41, 5.74) is 9.18. The van der Waals surface area contributed by atoms with Crippen molar-refractivity contribution in [3.8, 4) is 11.5 Å². The summed E-state index contributed by atoms with van der Waals surface area (Å²) in [4.78, 5) is 14.6. The molecule has 2 atom stereocenters. The lowest BCUT2D eigenvalue weighted by Crippen LogP contribution is -2.47. The highest BCUT2D eigenvalue weighted by molar-refractivity contribution is 5.82. The molecular weight excluding hydrogens is 316 g/mol. The molecule has 0 aliphatic carbocycles. The van der Waals surface area contributed by atoms with Gasteiger partial charge < -0.3 is 20.1 Å². The average molecular weight is 340 g/mol. The van der Waals surface area contributed by atoms with E-state index >= 15 is 0 Å². The molecule has 0 aromatic heterocycles. The van der Waals surface area contributed by atoms with Gasteiger partial charge in [-0.1, -0.05) is 30.3 Å². The lowest BCUT2D eigenvalue weighted by atomic mass is 9.87. The molecule has 1 aliphatic heterocycles. The maximum Gasteiger partial charge on any atom is 0.239 e. The maximum atomic E-state index is 12.7. The first-order valence-electron chi connectivity index (χ1n) is 8.42. The number of methoxy groups -OCH3 is 2. The van der Waals surface area contributed by atoms with Crippen molar-refractivity contribution < 1.29 is 14.3 Å². The van der Waals surface area contributed by atoms with Crippen LogP contribution in [0.2, 0.25) is 0 Å². The van der Waals surface area contributed by atoms with Gasteiger partial charge in [0.2, 0.25) is 5.91 Å². The Balaban J connectivity index is 2.15. The van der Waals surface area contributed by atoms with Crippen LogP contribution in [0.4, 0.5) is 0 Å². The summed E-state index contributed by atoms with van der Waals surface area (Å²) in [7, 11) is 3.25. The number of hydrogen-bond donors (Lipinski definition) is 1. The summed E-state index contributed by atoms with van der Waals surface area (Å²) >= 11 is 0. The third-order valence-corrected chi connectivity index (χ3v) is 4.66. The van der Waals surface area contributed by atoms with Gasteiger partial charge in [-0.2, -0.15) is 0 Å². The van der Waals surface area contributed by atoms with E-state index in [-0.39, 0.29) is 11.9 Å². The topological polar surface area (TPSA) is 64.8 Å². The number of benzene rings is 2. The molecule has 25 heavy (non-hydrogen) atoms. The molecule has 0 saturated heterocycles. The average Bonchev–Trinajstić information content (AvgIpc) is 2.65. The van der Waals surface area contributed by atoms with E-state index in [4.69, 9.17) is 15.2 Å². The molecule has 0 spiro atoms. The molecule has 1 amide bonds. The zero-order valence-corrected chi connectivity index (χ0v) is 14.9. The predicted octanol–water partition coefficient (Wildman–Crippen LogP) is 2.53. The van der Waals surface area contributed by atoms with Gasteiger partial charge in [0.05, 0.1) is 26.3 Å². The fourth-order valence-corrected chi connectivity index (χ4v) is 3.44.